The lowest BCUT2D eigenvalue weighted by Crippen LogP contribution is -2.57. The van der Waals surface area contributed by atoms with Crippen LogP contribution in [0.3, 0.4) is 0 Å². The van der Waals surface area contributed by atoms with Crippen LogP contribution < -0.4 is 5.73 Å². The normalized spacial score (nSPS) is 21.4. The third-order valence-corrected chi connectivity index (χ3v) is 3.43. The van der Waals surface area contributed by atoms with Crippen molar-refractivity contribution in [2.24, 2.45) is 5.73 Å². The summed E-state index contributed by atoms with van der Waals surface area (Å²) in [4.78, 5) is 15.6. The molecule has 100 valence electrons. The average Bonchev–Trinajstić information content (AvgIpc) is 2.24. The quantitative estimate of drug-likeness (QED) is 0.738. The van der Waals surface area contributed by atoms with E-state index in [1.165, 1.54) is 0 Å². The molecule has 1 aliphatic heterocycles. The number of hydrogen-bond acceptors (Lipinski definition) is 4. The Morgan fingerprint density at radius 2 is 1.82 bits per heavy atom. The van der Waals surface area contributed by atoms with Gasteiger partial charge in [0.2, 0.25) is 0 Å². The number of rotatable bonds is 4. The van der Waals surface area contributed by atoms with Crippen LogP contribution in [-0.4, -0.2) is 65.2 Å². The Morgan fingerprint density at radius 1 is 1.29 bits per heavy atom. The van der Waals surface area contributed by atoms with Crippen molar-refractivity contribution in [1.29, 1.82) is 0 Å². The standard InChI is InChI=1S/C12H25N3O2/c1-12(2,3)15-8-6-14(7-9-15)10(4-5-13)11(16)17/h10H,4-9,13H2,1-3H3,(H,16,17). The lowest BCUT2D eigenvalue weighted by Gasteiger charge is -2.43. The minimum absolute atomic E-state index is 0.165. The van der Waals surface area contributed by atoms with Crippen molar-refractivity contribution in [3.8, 4) is 0 Å². The van der Waals surface area contributed by atoms with Crippen molar-refractivity contribution in [2.45, 2.75) is 38.8 Å². The maximum atomic E-state index is 11.2. The van der Waals surface area contributed by atoms with Crippen LogP contribution in [0.5, 0.6) is 0 Å². The number of carbonyl (C=O) groups is 1. The zero-order valence-electron chi connectivity index (χ0n) is 11.1. The first-order chi connectivity index (χ1) is 7.86. The van der Waals surface area contributed by atoms with Gasteiger partial charge >= 0.3 is 5.97 Å². The molecule has 5 nitrogen and oxygen atoms in total. The van der Waals surface area contributed by atoms with E-state index in [9.17, 15) is 9.90 Å². The second-order valence-corrected chi connectivity index (χ2v) is 5.63. The van der Waals surface area contributed by atoms with E-state index in [4.69, 9.17) is 5.73 Å². The van der Waals surface area contributed by atoms with Gasteiger partial charge in [-0.3, -0.25) is 14.6 Å². The van der Waals surface area contributed by atoms with E-state index in [0.29, 0.717) is 13.0 Å². The first-order valence-corrected chi connectivity index (χ1v) is 6.28. The van der Waals surface area contributed by atoms with Gasteiger partial charge in [-0.1, -0.05) is 0 Å². The van der Waals surface area contributed by atoms with Gasteiger partial charge < -0.3 is 10.8 Å². The number of piperazine rings is 1. The molecular formula is C12H25N3O2. The Kier molecular flexibility index (Phi) is 4.91. The van der Waals surface area contributed by atoms with Crippen molar-refractivity contribution in [3.05, 3.63) is 0 Å². The lowest BCUT2D eigenvalue weighted by atomic mass is 10.0. The van der Waals surface area contributed by atoms with Gasteiger partial charge in [0, 0.05) is 31.7 Å². The second kappa shape index (κ2) is 5.80. The van der Waals surface area contributed by atoms with E-state index in [1.54, 1.807) is 0 Å². The predicted molar refractivity (Wildman–Crippen MR) is 68.0 cm³/mol. The molecule has 0 spiro atoms. The summed E-state index contributed by atoms with van der Waals surface area (Å²) in [5, 5.41) is 9.17. The molecule has 0 aliphatic carbocycles. The van der Waals surface area contributed by atoms with Crippen LogP contribution in [0, 0.1) is 0 Å². The summed E-state index contributed by atoms with van der Waals surface area (Å²) >= 11 is 0. The highest BCUT2D eigenvalue weighted by molar-refractivity contribution is 5.73. The number of aliphatic carboxylic acids is 1. The van der Waals surface area contributed by atoms with Crippen LogP contribution in [0.15, 0.2) is 0 Å². The van der Waals surface area contributed by atoms with Crippen molar-refractivity contribution in [3.63, 3.8) is 0 Å². The van der Waals surface area contributed by atoms with E-state index in [0.717, 1.165) is 26.2 Å². The Morgan fingerprint density at radius 3 is 2.18 bits per heavy atom. The Balaban J connectivity index is 2.52. The molecule has 0 saturated carbocycles. The minimum Gasteiger partial charge on any atom is -0.480 e. The maximum absolute atomic E-state index is 11.2. The van der Waals surface area contributed by atoms with Gasteiger partial charge in [0.1, 0.15) is 6.04 Å². The number of carboxylic acids is 1. The fourth-order valence-electron chi connectivity index (χ4n) is 2.32. The molecule has 0 aromatic carbocycles. The molecule has 0 aromatic heterocycles. The highest BCUT2D eigenvalue weighted by Crippen LogP contribution is 2.17. The van der Waals surface area contributed by atoms with Gasteiger partial charge in [-0.15, -0.1) is 0 Å². The molecular weight excluding hydrogens is 218 g/mol. The largest absolute Gasteiger partial charge is 0.480 e. The van der Waals surface area contributed by atoms with Crippen molar-refractivity contribution >= 4 is 5.97 Å². The Labute approximate surface area is 104 Å². The summed E-state index contributed by atoms with van der Waals surface area (Å²) in [6, 6.07) is -0.415. The van der Waals surface area contributed by atoms with E-state index in [1.807, 2.05) is 4.90 Å². The molecule has 1 rings (SSSR count). The molecule has 1 unspecified atom stereocenters. The van der Waals surface area contributed by atoms with Crippen molar-refractivity contribution < 1.29 is 9.90 Å². The molecule has 17 heavy (non-hydrogen) atoms. The molecule has 1 fully saturated rings. The zero-order valence-corrected chi connectivity index (χ0v) is 11.1. The number of nitrogens with zero attached hydrogens (tertiary/aromatic N) is 2. The summed E-state index contributed by atoms with van der Waals surface area (Å²) < 4.78 is 0. The van der Waals surface area contributed by atoms with Crippen LogP contribution in [0.2, 0.25) is 0 Å². The molecule has 1 heterocycles. The summed E-state index contributed by atoms with van der Waals surface area (Å²) in [6.45, 7) is 10.5. The fourth-order valence-corrected chi connectivity index (χ4v) is 2.32. The molecule has 1 saturated heterocycles. The number of carboxylic acid groups (broad SMARTS) is 1. The molecule has 0 radical (unpaired) electrons. The third-order valence-electron chi connectivity index (χ3n) is 3.43. The third kappa shape index (κ3) is 3.94. The monoisotopic (exact) mass is 243 g/mol. The molecule has 0 bridgehead atoms. The number of hydrogen-bond donors (Lipinski definition) is 2. The molecule has 0 amide bonds. The van der Waals surface area contributed by atoms with Gasteiger partial charge in [-0.2, -0.15) is 0 Å². The summed E-state index contributed by atoms with van der Waals surface area (Å²) in [7, 11) is 0. The van der Waals surface area contributed by atoms with Gasteiger partial charge in [0.25, 0.3) is 0 Å². The summed E-state index contributed by atoms with van der Waals surface area (Å²) in [5.41, 5.74) is 5.64. The van der Waals surface area contributed by atoms with Crippen LogP contribution in [0.1, 0.15) is 27.2 Å². The number of nitrogens with two attached hydrogens (primary N) is 1. The molecule has 3 N–H and O–H groups in total. The smallest absolute Gasteiger partial charge is 0.320 e. The highest BCUT2D eigenvalue weighted by Gasteiger charge is 2.31. The van der Waals surface area contributed by atoms with E-state index < -0.39 is 12.0 Å². The second-order valence-electron chi connectivity index (χ2n) is 5.63. The summed E-state index contributed by atoms with van der Waals surface area (Å²) in [6.07, 6.45) is 0.533. The SMILES string of the molecule is CC(C)(C)N1CCN(C(CCN)C(=O)O)CC1. The van der Waals surface area contributed by atoms with E-state index in [2.05, 4.69) is 25.7 Å². The molecule has 5 heteroatoms. The Hall–Kier alpha value is -0.650. The predicted octanol–water partition coefficient (Wildman–Crippen LogP) is 0.205. The van der Waals surface area contributed by atoms with Gasteiger partial charge in [0.05, 0.1) is 0 Å². The Bertz CT molecular complexity index is 255. The minimum atomic E-state index is -0.750. The van der Waals surface area contributed by atoms with Gasteiger partial charge in [-0.25, -0.2) is 0 Å². The van der Waals surface area contributed by atoms with E-state index >= 15 is 0 Å². The van der Waals surface area contributed by atoms with Crippen LogP contribution in [0.4, 0.5) is 0 Å². The lowest BCUT2D eigenvalue weighted by molar-refractivity contribution is -0.144. The maximum Gasteiger partial charge on any atom is 0.320 e. The van der Waals surface area contributed by atoms with E-state index in [-0.39, 0.29) is 5.54 Å². The van der Waals surface area contributed by atoms with Gasteiger partial charge in [0.15, 0.2) is 0 Å². The topological polar surface area (TPSA) is 69.8 Å². The highest BCUT2D eigenvalue weighted by atomic mass is 16.4. The van der Waals surface area contributed by atoms with Crippen LogP contribution in [0.25, 0.3) is 0 Å². The first kappa shape index (κ1) is 14.4. The average molecular weight is 243 g/mol. The zero-order chi connectivity index (χ0) is 13.1. The van der Waals surface area contributed by atoms with Gasteiger partial charge in [-0.05, 0) is 33.7 Å². The molecule has 1 aliphatic rings. The fraction of sp³-hybridized carbons (Fsp3) is 0.917. The van der Waals surface area contributed by atoms with Crippen LogP contribution >= 0.6 is 0 Å². The van der Waals surface area contributed by atoms with Crippen molar-refractivity contribution in [2.75, 3.05) is 32.7 Å². The van der Waals surface area contributed by atoms with Crippen molar-refractivity contribution in [1.82, 2.24) is 9.80 Å². The first-order valence-electron chi connectivity index (χ1n) is 6.28. The molecule has 0 aromatic rings. The summed E-state index contributed by atoms with van der Waals surface area (Å²) in [5.74, 6) is -0.750. The molecule has 1 atom stereocenters. The van der Waals surface area contributed by atoms with Crippen LogP contribution in [-0.2, 0) is 4.79 Å².